The first-order valence-corrected chi connectivity index (χ1v) is 5.04. The molecule has 4 heteroatoms. The summed E-state index contributed by atoms with van der Waals surface area (Å²) >= 11 is 0. The van der Waals surface area contributed by atoms with Crippen LogP contribution < -0.4 is 0 Å². The first-order valence-electron chi connectivity index (χ1n) is 5.04. The highest BCUT2D eigenvalue weighted by Crippen LogP contribution is 2.12. The van der Waals surface area contributed by atoms with Gasteiger partial charge in [0.1, 0.15) is 0 Å². The standard InChI is InChI=1S/C13H10N2O2/c1-14-9-3-6-12(14)8-7-11-4-2-5-13(10-11)15(16)17/h2-6,9-10H,1H3. The van der Waals surface area contributed by atoms with Gasteiger partial charge in [-0.3, -0.25) is 10.1 Å². The fourth-order valence-corrected chi connectivity index (χ4v) is 1.42. The van der Waals surface area contributed by atoms with Gasteiger partial charge in [-0.1, -0.05) is 12.0 Å². The molecular weight excluding hydrogens is 216 g/mol. The third-order valence-electron chi connectivity index (χ3n) is 2.34. The fraction of sp³-hybridized carbons (Fsp3) is 0.0769. The minimum absolute atomic E-state index is 0.0590. The maximum Gasteiger partial charge on any atom is 0.270 e. The predicted octanol–water partition coefficient (Wildman–Crippen LogP) is 2.33. The van der Waals surface area contributed by atoms with E-state index in [0.717, 1.165) is 5.69 Å². The van der Waals surface area contributed by atoms with Gasteiger partial charge in [0.05, 0.1) is 10.6 Å². The van der Waals surface area contributed by atoms with Crippen molar-refractivity contribution in [2.75, 3.05) is 0 Å². The maximum absolute atomic E-state index is 10.6. The first-order chi connectivity index (χ1) is 8.16. The number of rotatable bonds is 1. The zero-order chi connectivity index (χ0) is 12.3. The summed E-state index contributed by atoms with van der Waals surface area (Å²) in [7, 11) is 1.90. The smallest absolute Gasteiger partial charge is 0.270 e. The van der Waals surface area contributed by atoms with E-state index in [2.05, 4.69) is 11.8 Å². The van der Waals surface area contributed by atoms with E-state index < -0.39 is 4.92 Å². The van der Waals surface area contributed by atoms with Crippen LogP contribution in [0.3, 0.4) is 0 Å². The average Bonchev–Trinajstić information content (AvgIpc) is 2.72. The Balaban J connectivity index is 2.31. The van der Waals surface area contributed by atoms with Crippen molar-refractivity contribution in [1.29, 1.82) is 0 Å². The Kier molecular flexibility index (Phi) is 2.93. The molecule has 0 radical (unpaired) electrons. The second-order valence-corrected chi connectivity index (χ2v) is 3.56. The van der Waals surface area contributed by atoms with Gasteiger partial charge in [-0.2, -0.15) is 0 Å². The Morgan fingerprint density at radius 3 is 2.71 bits per heavy atom. The Morgan fingerprint density at radius 2 is 2.06 bits per heavy atom. The molecule has 1 aromatic carbocycles. The molecule has 2 rings (SSSR count). The molecular formula is C13H10N2O2. The van der Waals surface area contributed by atoms with Crippen LogP contribution in [-0.2, 0) is 7.05 Å². The molecule has 0 unspecified atom stereocenters. The molecule has 0 N–H and O–H groups in total. The molecule has 0 aliphatic carbocycles. The maximum atomic E-state index is 10.6. The second-order valence-electron chi connectivity index (χ2n) is 3.56. The van der Waals surface area contributed by atoms with Crippen LogP contribution in [0.2, 0.25) is 0 Å². The largest absolute Gasteiger partial charge is 0.344 e. The van der Waals surface area contributed by atoms with E-state index in [1.165, 1.54) is 12.1 Å². The first kappa shape index (κ1) is 11.0. The van der Waals surface area contributed by atoms with Crippen molar-refractivity contribution >= 4 is 5.69 Å². The minimum atomic E-state index is -0.423. The molecule has 0 bridgehead atoms. The highest BCUT2D eigenvalue weighted by molar-refractivity contribution is 5.45. The van der Waals surface area contributed by atoms with Crippen LogP contribution in [-0.4, -0.2) is 9.49 Å². The molecule has 0 aliphatic rings. The van der Waals surface area contributed by atoms with Crippen LogP contribution in [0.4, 0.5) is 5.69 Å². The number of nitrogens with zero attached hydrogens (tertiary/aromatic N) is 2. The molecule has 4 nitrogen and oxygen atoms in total. The lowest BCUT2D eigenvalue weighted by Gasteiger charge is -1.93. The van der Waals surface area contributed by atoms with Crippen LogP contribution in [0.25, 0.3) is 0 Å². The quantitative estimate of drug-likeness (QED) is 0.425. The Morgan fingerprint density at radius 1 is 1.24 bits per heavy atom. The Hall–Kier alpha value is -2.54. The monoisotopic (exact) mass is 226 g/mol. The SMILES string of the molecule is Cn1cccc1C#Cc1cccc([N+](=O)[O-])c1. The van der Waals surface area contributed by atoms with E-state index in [0.29, 0.717) is 5.56 Å². The number of hydrogen-bond donors (Lipinski definition) is 0. The summed E-state index contributed by atoms with van der Waals surface area (Å²) in [6, 6.07) is 10.1. The number of nitro groups is 1. The molecule has 0 saturated heterocycles. The van der Waals surface area contributed by atoms with E-state index in [-0.39, 0.29) is 5.69 Å². The van der Waals surface area contributed by atoms with Gasteiger partial charge in [-0.05, 0) is 24.1 Å². The zero-order valence-corrected chi connectivity index (χ0v) is 9.25. The van der Waals surface area contributed by atoms with Crippen molar-refractivity contribution in [3.63, 3.8) is 0 Å². The highest BCUT2D eigenvalue weighted by Gasteiger charge is 2.03. The molecule has 0 fully saturated rings. The Bertz CT molecular complexity index is 618. The van der Waals surface area contributed by atoms with Crippen molar-refractivity contribution in [2.24, 2.45) is 7.05 Å². The lowest BCUT2D eigenvalue weighted by atomic mass is 10.2. The molecule has 1 heterocycles. The molecule has 1 aromatic heterocycles. The van der Waals surface area contributed by atoms with Gasteiger partial charge in [0.15, 0.2) is 0 Å². The molecule has 0 atom stereocenters. The average molecular weight is 226 g/mol. The van der Waals surface area contributed by atoms with Gasteiger partial charge in [-0.25, -0.2) is 0 Å². The van der Waals surface area contributed by atoms with Crippen LogP contribution in [0.1, 0.15) is 11.3 Å². The van der Waals surface area contributed by atoms with E-state index >= 15 is 0 Å². The molecule has 2 aromatic rings. The van der Waals surface area contributed by atoms with Crippen molar-refractivity contribution in [3.8, 4) is 11.8 Å². The van der Waals surface area contributed by atoms with Gasteiger partial charge in [-0.15, -0.1) is 0 Å². The molecule has 84 valence electrons. The van der Waals surface area contributed by atoms with Crippen molar-refractivity contribution < 1.29 is 4.92 Å². The summed E-state index contributed by atoms with van der Waals surface area (Å²) in [5.41, 5.74) is 1.57. The molecule has 0 spiro atoms. The summed E-state index contributed by atoms with van der Waals surface area (Å²) < 4.78 is 1.89. The predicted molar refractivity (Wildman–Crippen MR) is 64.5 cm³/mol. The second kappa shape index (κ2) is 4.54. The Labute approximate surface area is 98.7 Å². The lowest BCUT2D eigenvalue weighted by Crippen LogP contribution is -1.89. The van der Waals surface area contributed by atoms with Gasteiger partial charge in [0.2, 0.25) is 0 Å². The molecule has 17 heavy (non-hydrogen) atoms. The number of aromatic nitrogens is 1. The summed E-state index contributed by atoms with van der Waals surface area (Å²) in [6.07, 6.45) is 1.90. The fourth-order valence-electron chi connectivity index (χ4n) is 1.42. The summed E-state index contributed by atoms with van der Waals surface area (Å²) in [4.78, 5) is 10.2. The van der Waals surface area contributed by atoms with Gasteiger partial charge >= 0.3 is 0 Å². The number of aryl methyl sites for hydroxylation is 1. The van der Waals surface area contributed by atoms with E-state index in [4.69, 9.17) is 0 Å². The third-order valence-corrected chi connectivity index (χ3v) is 2.34. The van der Waals surface area contributed by atoms with Gasteiger partial charge in [0, 0.05) is 30.9 Å². The van der Waals surface area contributed by atoms with Crippen molar-refractivity contribution in [2.45, 2.75) is 0 Å². The molecule has 0 saturated carbocycles. The van der Waals surface area contributed by atoms with Crippen LogP contribution in [0.15, 0.2) is 42.6 Å². The van der Waals surface area contributed by atoms with E-state index in [9.17, 15) is 10.1 Å². The molecule has 0 amide bonds. The highest BCUT2D eigenvalue weighted by atomic mass is 16.6. The third kappa shape index (κ3) is 2.52. The number of benzene rings is 1. The number of non-ortho nitro benzene ring substituents is 1. The van der Waals surface area contributed by atoms with Gasteiger partial charge in [0.25, 0.3) is 5.69 Å². The summed E-state index contributed by atoms with van der Waals surface area (Å²) in [6.45, 7) is 0. The minimum Gasteiger partial charge on any atom is -0.344 e. The van der Waals surface area contributed by atoms with Crippen molar-refractivity contribution in [1.82, 2.24) is 4.57 Å². The summed E-state index contributed by atoms with van der Waals surface area (Å²) in [5.74, 6) is 5.87. The van der Waals surface area contributed by atoms with E-state index in [1.807, 2.05) is 29.9 Å². The number of hydrogen-bond acceptors (Lipinski definition) is 2. The summed E-state index contributed by atoms with van der Waals surface area (Å²) in [5, 5.41) is 10.6. The lowest BCUT2D eigenvalue weighted by molar-refractivity contribution is -0.384. The van der Waals surface area contributed by atoms with Crippen LogP contribution >= 0.6 is 0 Å². The topological polar surface area (TPSA) is 48.1 Å². The van der Waals surface area contributed by atoms with Crippen LogP contribution in [0.5, 0.6) is 0 Å². The number of nitro benzene ring substituents is 1. The van der Waals surface area contributed by atoms with Crippen molar-refractivity contribution in [3.05, 3.63) is 64.0 Å². The van der Waals surface area contributed by atoms with Crippen LogP contribution in [0, 0.1) is 22.0 Å². The molecule has 0 aliphatic heterocycles. The normalized spacial score (nSPS) is 9.47. The zero-order valence-electron chi connectivity index (χ0n) is 9.25. The van der Waals surface area contributed by atoms with Gasteiger partial charge < -0.3 is 4.57 Å². The van der Waals surface area contributed by atoms with E-state index in [1.54, 1.807) is 12.1 Å².